The molecule has 1 heterocycles. The summed E-state index contributed by atoms with van der Waals surface area (Å²) < 4.78 is 0. The fourth-order valence-corrected chi connectivity index (χ4v) is 2.70. The van der Waals surface area contributed by atoms with Gasteiger partial charge in [0.2, 0.25) is 0 Å². The lowest BCUT2D eigenvalue weighted by Gasteiger charge is -2.40. The highest BCUT2D eigenvalue weighted by atomic mass is 16.3. The summed E-state index contributed by atoms with van der Waals surface area (Å²) in [5.41, 5.74) is 1.67. The Morgan fingerprint density at radius 3 is 3.00 bits per heavy atom. The number of hydrogen-bond acceptors (Lipinski definition) is 2. The second kappa shape index (κ2) is 4.56. The Morgan fingerprint density at radius 1 is 1.50 bits per heavy atom. The Labute approximate surface area is 97.7 Å². The first kappa shape index (κ1) is 11.6. The average molecular weight is 219 g/mol. The molecule has 88 valence electrons. The molecule has 0 spiro atoms. The zero-order valence-corrected chi connectivity index (χ0v) is 10.2. The van der Waals surface area contributed by atoms with Crippen molar-refractivity contribution in [2.75, 3.05) is 13.1 Å². The van der Waals surface area contributed by atoms with Crippen molar-refractivity contribution in [3.63, 3.8) is 0 Å². The molecule has 2 unspecified atom stereocenters. The second-order valence-electron chi connectivity index (χ2n) is 4.85. The molecule has 1 aromatic carbocycles. The summed E-state index contributed by atoms with van der Waals surface area (Å²) in [6, 6.07) is 8.29. The van der Waals surface area contributed by atoms with Crippen LogP contribution >= 0.6 is 0 Å². The molecule has 16 heavy (non-hydrogen) atoms. The van der Waals surface area contributed by atoms with E-state index in [2.05, 4.69) is 37.4 Å². The van der Waals surface area contributed by atoms with E-state index in [-0.39, 0.29) is 0 Å². The molecule has 2 nitrogen and oxygen atoms in total. The average Bonchev–Trinajstić information content (AvgIpc) is 2.30. The number of piperidine rings is 1. The summed E-state index contributed by atoms with van der Waals surface area (Å²) in [6.07, 6.45) is 1.83. The van der Waals surface area contributed by atoms with E-state index >= 15 is 0 Å². The highest BCUT2D eigenvalue weighted by molar-refractivity contribution is 5.28. The van der Waals surface area contributed by atoms with Crippen LogP contribution in [0.15, 0.2) is 24.3 Å². The van der Waals surface area contributed by atoms with Crippen LogP contribution in [-0.2, 0) is 5.60 Å². The highest BCUT2D eigenvalue weighted by Gasteiger charge is 2.39. The molecule has 2 rings (SSSR count). The second-order valence-corrected chi connectivity index (χ2v) is 4.85. The van der Waals surface area contributed by atoms with Crippen molar-refractivity contribution in [3.8, 4) is 0 Å². The Balaban J connectivity index is 2.34. The minimum atomic E-state index is -0.633. The molecule has 0 aliphatic carbocycles. The van der Waals surface area contributed by atoms with E-state index in [9.17, 15) is 5.11 Å². The molecule has 0 radical (unpaired) electrons. The van der Waals surface area contributed by atoms with E-state index in [0.717, 1.165) is 31.5 Å². The van der Waals surface area contributed by atoms with Gasteiger partial charge in [-0.25, -0.2) is 0 Å². The summed E-state index contributed by atoms with van der Waals surface area (Å²) in [5, 5.41) is 14.3. The monoisotopic (exact) mass is 219 g/mol. The van der Waals surface area contributed by atoms with Crippen LogP contribution in [0.5, 0.6) is 0 Å². The van der Waals surface area contributed by atoms with Gasteiger partial charge in [0.1, 0.15) is 0 Å². The van der Waals surface area contributed by atoms with Gasteiger partial charge in [-0.15, -0.1) is 0 Å². The molecule has 2 atom stereocenters. The van der Waals surface area contributed by atoms with Gasteiger partial charge in [-0.1, -0.05) is 36.8 Å². The topological polar surface area (TPSA) is 32.3 Å². The highest BCUT2D eigenvalue weighted by Crippen LogP contribution is 2.36. The van der Waals surface area contributed by atoms with Gasteiger partial charge in [0, 0.05) is 12.5 Å². The van der Waals surface area contributed by atoms with Crippen LogP contribution in [-0.4, -0.2) is 18.2 Å². The molecule has 0 bridgehead atoms. The maximum absolute atomic E-state index is 10.9. The molecule has 0 amide bonds. The summed E-state index contributed by atoms with van der Waals surface area (Å²) in [6.45, 7) is 6.05. The lowest BCUT2D eigenvalue weighted by atomic mass is 9.75. The fourth-order valence-electron chi connectivity index (χ4n) is 2.70. The van der Waals surface area contributed by atoms with Gasteiger partial charge in [0.15, 0.2) is 0 Å². The first-order valence-corrected chi connectivity index (χ1v) is 6.17. The van der Waals surface area contributed by atoms with Crippen LogP contribution in [0.25, 0.3) is 0 Å². The molecule has 2 N–H and O–H groups in total. The number of benzene rings is 1. The van der Waals surface area contributed by atoms with Crippen molar-refractivity contribution >= 4 is 0 Å². The smallest absolute Gasteiger partial charge is 0.0948 e. The van der Waals surface area contributed by atoms with Crippen molar-refractivity contribution in [2.24, 2.45) is 5.92 Å². The third kappa shape index (κ3) is 2.00. The predicted octanol–water partition coefficient (Wildman–Crippen LogP) is 2.20. The third-order valence-electron chi connectivity index (χ3n) is 3.76. The van der Waals surface area contributed by atoms with Crippen molar-refractivity contribution in [1.82, 2.24) is 5.32 Å². The van der Waals surface area contributed by atoms with Gasteiger partial charge in [0.25, 0.3) is 0 Å². The Morgan fingerprint density at radius 2 is 2.31 bits per heavy atom. The molecule has 1 aromatic rings. The van der Waals surface area contributed by atoms with Gasteiger partial charge in [-0.2, -0.15) is 0 Å². The largest absolute Gasteiger partial charge is 0.385 e. The zero-order chi connectivity index (χ0) is 11.6. The number of aliphatic hydroxyl groups is 1. The quantitative estimate of drug-likeness (QED) is 0.799. The lowest BCUT2D eigenvalue weighted by Crippen LogP contribution is -2.47. The van der Waals surface area contributed by atoms with Crippen molar-refractivity contribution in [1.29, 1.82) is 0 Å². The van der Waals surface area contributed by atoms with Crippen LogP contribution in [0.3, 0.4) is 0 Å². The number of rotatable bonds is 2. The molecular weight excluding hydrogens is 198 g/mol. The molecule has 1 fully saturated rings. The molecule has 0 saturated carbocycles. The Kier molecular flexibility index (Phi) is 3.31. The zero-order valence-electron chi connectivity index (χ0n) is 10.2. The first-order valence-electron chi connectivity index (χ1n) is 6.17. The summed E-state index contributed by atoms with van der Waals surface area (Å²) >= 11 is 0. The van der Waals surface area contributed by atoms with E-state index in [0.29, 0.717) is 5.92 Å². The minimum absolute atomic E-state index is 0.322. The summed E-state index contributed by atoms with van der Waals surface area (Å²) in [4.78, 5) is 0. The molecule has 2 heteroatoms. The normalized spacial score (nSPS) is 30.3. The van der Waals surface area contributed by atoms with E-state index in [4.69, 9.17) is 0 Å². The molecular formula is C14H21NO. The van der Waals surface area contributed by atoms with Crippen molar-refractivity contribution in [2.45, 2.75) is 32.3 Å². The van der Waals surface area contributed by atoms with Crippen molar-refractivity contribution in [3.05, 3.63) is 35.4 Å². The Bertz CT molecular complexity index is 364. The Hall–Kier alpha value is -0.860. The number of nitrogens with one attached hydrogen (secondary N) is 1. The standard InChI is InChI=1S/C14H21NO/c1-3-12-10-15-8-7-14(12,16)13-6-4-5-11(2)9-13/h4-6,9,12,15-16H,3,7-8,10H2,1-2H3. The molecule has 1 aliphatic heterocycles. The van der Waals surface area contributed by atoms with Gasteiger partial charge in [-0.3, -0.25) is 0 Å². The van der Waals surface area contributed by atoms with E-state index in [1.54, 1.807) is 0 Å². The maximum atomic E-state index is 10.9. The van der Waals surface area contributed by atoms with Gasteiger partial charge in [-0.05, 0) is 31.9 Å². The maximum Gasteiger partial charge on any atom is 0.0948 e. The fraction of sp³-hybridized carbons (Fsp3) is 0.571. The van der Waals surface area contributed by atoms with E-state index in [1.165, 1.54) is 5.56 Å². The van der Waals surface area contributed by atoms with Crippen LogP contribution in [0.2, 0.25) is 0 Å². The van der Waals surface area contributed by atoms with Crippen LogP contribution in [0.1, 0.15) is 30.9 Å². The van der Waals surface area contributed by atoms with Crippen LogP contribution < -0.4 is 5.32 Å². The van der Waals surface area contributed by atoms with Crippen LogP contribution in [0, 0.1) is 12.8 Å². The SMILES string of the molecule is CCC1CNCCC1(O)c1cccc(C)c1. The van der Waals surface area contributed by atoms with Gasteiger partial charge < -0.3 is 10.4 Å². The van der Waals surface area contributed by atoms with E-state index in [1.807, 2.05) is 6.07 Å². The summed E-state index contributed by atoms with van der Waals surface area (Å²) in [7, 11) is 0. The lowest BCUT2D eigenvalue weighted by molar-refractivity contribution is -0.0478. The minimum Gasteiger partial charge on any atom is -0.385 e. The summed E-state index contributed by atoms with van der Waals surface area (Å²) in [5.74, 6) is 0.322. The molecule has 1 saturated heterocycles. The third-order valence-corrected chi connectivity index (χ3v) is 3.76. The van der Waals surface area contributed by atoms with E-state index < -0.39 is 5.60 Å². The predicted molar refractivity (Wildman–Crippen MR) is 66.3 cm³/mol. The van der Waals surface area contributed by atoms with Gasteiger partial charge in [0.05, 0.1) is 5.60 Å². The van der Waals surface area contributed by atoms with Crippen LogP contribution in [0.4, 0.5) is 0 Å². The van der Waals surface area contributed by atoms with Gasteiger partial charge >= 0.3 is 0 Å². The number of aryl methyl sites for hydroxylation is 1. The molecule has 1 aliphatic rings. The first-order chi connectivity index (χ1) is 7.66. The van der Waals surface area contributed by atoms with Crippen molar-refractivity contribution < 1.29 is 5.11 Å². The molecule has 0 aromatic heterocycles. The number of hydrogen-bond donors (Lipinski definition) is 2.